The Kier molecular flexibility index (Phi) is 4.48. The van der Waals surface area contributed by atoms with E-state index in [0.29, 0.717) is 6.04 Å². The lowest BCUT2D eigenvalue weighted by atomic mass is 9.97. The Morgan fingerprint density at radius 3 is 2.79 bits per heavy atom. The van der Waals surface area contributed by atoms with E-state index in [4.69, 9.17) is 4.74 Å². The zero-order chi connectivity index (χ0) is 20.1. The third-order valence-corrected chi connectivity index (χ3v) is 7.37. The maximum Gasteiger partial charge on any atom is 0.256 e. The Morgan fingerprint density at radius 1 is 1.17 bits per heavy atom. The molecule has 2 aromatic carbocycles. The van der Waals surface area contributed by atoms with Crippen LogP contribution in [-0.4, -0.2) is 25.6 Å². The highest BCUT2D eigenvalue weighted by atomic mass is 32.1. The SMILES string of the molecule is COc1ccc2ccccc2c1[C@H]1NC(=O)c2c(sc3c2CC[NH+](C(C)C)C3)N1. The van der Waals surface area contributed by atoms with Gasteiger partial charge in [-0.05, 0) is 36.2 Å². The van der Waals surface area contributed by atoms with Crippen molar-refractivity contribution in [2.45, 2.75) is 39.0 Å². The minimum absolute atomic E-state index is 0.0178. The smallest absolute Gasteiger partial charge is 0.256 e. The lowest BCUT2D eigenvalue weighted by molar-refractivity contribution is -0.936. The van der Waals surface area contributed by atoms with Gasteiger partial charge in [0.1, 0.15) is 23.5 Å². The maximum absolute atomic E-state index is 13.2. The van der Waals surface area contributed by atoms with Gasteiger partial charge in [0.2, 0.25) is 0 Å². The van der Waals surface area contributed by atoms with Gasteiger partial charge in [-0.25, -0.2) is 0 Å². The van der Waals surface area contributed by atoms with Crippen LogP contribution < -0.4 is 20.3 Å². The summed E-state index contributed by atoms with van der Waals surface area (Å²) in [5.41, 5.74) is 3.07. The van der Waals surface area contributed by atoms with Crippen molar-refractivity contribution in [1.29, 1.82) is 0 Å². The molecule has 1 unspecified atom stereocenters. The Labute approximate surface area is 174 Å². The summed E-state index contributed by atoms with van der Waals surface area (Å²) >= 11 is 1.75. The minimum Gasteiger partial charge on any atom is -0.496 e. The number of carbonyl (C=O) groups is 1. The lowest BCUT2D eigenvalue weighted by Gasteiger charge is -2.29. The van der Waals surface area contributed by atoms with E-state index in [9.17, 15) is 4.79 Å². The van der Waals surface area contributed by atoms with Gasteiger partial charge < -0.3 is 20.3 Å². The minimum atomic E-state index is -0.315. The van der Waals surface area contributed by atoms with E-state index in [1.807, 2.05) is 18.2 Å². The van der Waals surface area contributed by atoms with Gasteiger partial charge in [-0.3, -0.25) is 4.79 Å². The van der Waals surface area contributed by atoms with Crippen LogP contribution in [-0.2, 0) is 13.0 Å². The van der Waals surface area contributed by atoms with E-state index >= 15 is 0 Å². The number of carbonyl (C=O) groups excluding carboxylic acids is 1. The fourth-order valence-corrected chi connectivity index (χ4v) is 5.93. The topological polar surface area (TPSA) is 54.8 Å². The summed E-state index contributed by atoms with van der Waals surface area (Å²) in [5.74, 6) is 0.797. The van der Waals surface area contributed by atoms with Crippen molar-refractivity contribution in [3.63, 3.8) is 0 Å². The van der Waals surface area contributed by atoms with Gasteiger partial charge in [0.05, 0.1) is 30.1 Å². The molecule has 6 heteroatoms. The predicted molar refractivity (Wildman–Crippen MR) is 117 cm³/mol. The molecule has 3 N–H and O–H groups in total. The lowest BCUT2D eigenvalue weighted by Crippen LogP contribution is -3.14. The molecule has 5 nitrogen and oxygen atoms in total. The fourth-order valence-electron chi connectivity index (χ4n) is 4.60. The van der Waals surface area contributed by atoms with Crippen LogP contribution in [0.15, 0.2) is 36.4 Å². The number of hydrogen-bond donors (Lipinski definition) is 3. The summed E-state index contributed by atoms with van der Waals surface area (Å²) in [7, 11) is 1.68. The molecular formula is C23H26N3O2S+. The number of nitrogens with one attached hydrogen (secondary N) is 3. The predicted octanol–water partition coefficient (Wildman–Crippen LogP) is 3.11. The van der Waals surface area contributed by atoms with Crippen molar-refractivity contribution in [2.75, 3.05) is 19.0 Å². The van der Waals surface area contributed by atoms with Crippen LogP contribution in [0.1, 0.15) is 46.4 Å². The summed E-state index contributed by atoms with van der Waals surface area (Å²) < 4.78 is 5.66. The number of ether oxygens (including phenoxy) is 1. The molecule has 0 saturated heterocycles. The van der Waals surface area contributed by atoms with Gasteiger partial charge in [0.15, 0.2) is 0 Å². The summed E-state index contributed by atoms with van der Waals surface area (Å²) in [6.07, 6.45) is 0.649. The number of quaternary nitrogens is 1. The normalized spacial score (nSPS) is 20.8. The van der Waals surface area contributed by atoms with Crippen molar-refractivity contribution in [1.82, 2.24) is 5.32 Å². The van der Waals surface area contributed by atoms with Crippen LogP contribution in [0.25, 0.3) is 10.8 Å². The third kappa shape index (κ3) is 2.98. The van der Waals surface area contributed by atoms with Crippen LogP contribution >= 0.6 is 11.3 Å². The molecule has 0 saturated carbocycles. The molecule has 0 fully saturated rings. The number of hydrogen-bond acceptors (Lipinski definition) is 4. The van der Waals surface area contributed by atoms with Crippen molar-refractivity contribution < 1.29 is 14.4 Å². The highest BCUT2D eigenvalue weighted by Crippen LogP contribution is 2.42. The van der Waals surface area contributed by atoms with Gasteiger partial charge in [0.25, 0.3) is 5.91 Å². The monoisotopic (exact) mass is 408 g/mol. The summed E-state index contributed by atoms with van der Waals surface area (Å²) in [6.45, 7) is 6.62. The third-order valence-electron chi connectivity index (χ3n) is 6.21. The van der Waals surface area contributed by atoms with Crippen LogP contribution in [0.4, 0.5) is 5.00 Å². The van der Waals surface area contributed by atoms with E-state index in [1.165, 1.54) is 10.4 Å². The number of rotatable bonds is 3. The zero-order valence-electron chi connectivity index (χ0n) is 17.0. The number of thiophene rings is 1. The zero-order valence-corrected chi connectivity index (χ0v) is 17.8. The Balaban J connectivity index is 1.57. The van der Waals surface area contributed by atoms with Crippen LogP contribution in [0, 0.1) is 0 Å². The molecular weight excluding hydrogens is 382 g/mol. The molecule has 3 aromatic rings. The van der Waals surface area contributed by atoms with Crippen LogP contribution in [0.3, 0.4) is 0 Å². The molecule has 1 aromatic heterocycles. The van der Waals surface area contributed by atoms with E-state index in [1.54, 1.807) is 23.3 Å². The summed E-state index contributed by atoms with van der Waals surface area (Å²) in [5, 5.41) is 10.0. The van der Waals surface area contributed by atoms with E-state index in [-0.39, 0.29) is 12.1 Å². The fraction of sp³-hybridized carbons (Fsp3) is 0.348. The number of methoxy groups -OCH3 is 1. The number of amides is 1. The van der Waals surface area contributed by atoms with E-state index in [0.717, 1.165) is 52.2 Å². The number of benzene rings is 2. The first-order valence-corrected chi connectivity index (χ1v) is 11.0. The molecule has 2 aliphatic heterocycles. The average molecular weight is 409 g/mol. The molecule has 0 radical (unpaired) electrons. The highest BCUT2D eigenvalue weighted by molar-refractivity contribution is 7.16. The highest BCUT2D eigenvalue weighted by Gasteiger charge is 2.36. The molecule has 0 spiro atoms. The number of fused-ring (bicyclic) bond motifs is 4. The van der Waals surface area contributed by atoms with Gasteiger partial charge in [-0.1, -0.05) is 30.3 Å². The second-order valence-corrected chi connectivity index (χ2v) is 9.26. The maximum atomic E-state index is 13.2. The molecule has 150 valence electrons. The van der Waals surface area contributed by atoms with Crippen molar-refractivity contribution >= 4 is 33.0 Å². The Bertz CT molecular complexity index is 1100. The summed E-state index contributed by atoms with van der Waals surface area (Å²) in [6, 6.07) is 12.8. The first-order chi connectivity index (χ1) is 14.1. The van der Waals surface area contributed by atoms with E-state index < -0.39 is 0 Å². The largest absolute Gasteiger partial charge is 0.496 e. The molecule has 5 rings (SSSR count). The van der Waals surface area contributed by atoms with Crippen molar-refractivity contribution in [3.8, 4) is 5.75 Å². The molecule has 0 aliphatic carbocycles. The van der Waals surface area contributed by atoms with Gasteiger partial charge in [-0.15, -0.1) is 11.3 Å². The molecule has 29 heavy (non-hydrogen) atoms. The van der Waals surface area contributed by atoms with Gasteiger partial charge in [0, 0.05) is 12.0 Å². The second-order valence-electron chi connectivity index (χ2n) is 8.15. The van der Waals surface area contributed by atoms with Crippen LogP contribution in [0.2, 0.25) is 0 Å². The van der Waals surface area contributed by atoms with Gasteiger partial charge >= 0.3 is 0 Å². The Hall–Kier alpha value is -2.57. The summed E-state index contributed by atoms with van der Waals surface area (Å²) in [4.78, 5) is 16.1. The van der Waals surface area contributed by atoms with Crippen LogP contribution in [0.5, 0.6) is 5.75 Å². The van der Waals surface area contributed by atoms with Gasteiger partial charge in [-0.2, -0.15) is 0 Å². The molecule has 0 bridgehead atoms. The van der Waals surface area contributed by atoms with Crippen molar-refractivity contribution in [3.05, 3.63) is 58.0 Å². The molecule has 2 atom stereocenters. The standard InChI is InChI=1S/C23H25N3O2S/c1-13(2)26-11-10-16-18(12-26)29-23-20(16)22(27)24-21(25-23)19-15-7-5-4-6-14(15)8-9-17(19)28-3/h4-9,13,21,25H,10-12H2,1-3H3,(H,24,27)/p+1/t21-/m0/s1. The first kappa shape index (κ1) is 18.5. The average Bonchev–Trinajstić information content (AvgIpc) is 3.10. The molecule has 2 aliphatic rings. The molecule has 3 heterocycles. The Morgan fingerprint density at radius 2 is 2.00 bits per heavy atom. The van der Waals surface area contributed by atoms with Crippen molar-refractivity contribution in [2.24, 2.45) is 0 Å². The number of anilines is 1. The van der Waals surface area contributed by atoms with E-state index in [2.05, 4.69) is 42.7 Å². The molecule has 1 amide bonds. The quantitative estimate of drug-likeness (QED) is 0.624. The first-order valence-electron chi connectivity index (χ1n) is 10.2. The second kappa shape index (κ2) is 7.04.